The van der Waals surface area contributed by atoms with Gasteiger partial charge in [-0.25, -0.2) is 4.98 Å². The van der Waals surface area contributed by atoms with E-state index in [0.29, 0.717) is 11.6 Å². The molecule has 1 heterocycles. The van der Waals surface area contributed by atoms with Crippen LogP contribution in [0.4, 0.5) is 5.69 Å². The molecule has 3 N–H and O–H groups in total. The molecule has 0 unspecified atom stereocenters. The van der Waals surface area contributed by atoms with E-state index in [-0.39, 0.29) is 18.3 Å². The lowest BCUT2D eigenvalue weighted by molar-refractivity contribution is -0.118. The summed E-state index contributed by atoms with van der Waals surface area (Å²) in [5.74, 6) is 1.23. The van der Waals surface area contributed by atoms with Gasteiger partial charge >= 0.3 is 0 Å². The summed E-state index contributed by atoms with van der Waals surface area (Å²) in [6, 6.07) is 7.43. The van der Waals surface area contributed by atoms with Crippen LogP contribution in [-0.2, 0) is 4.79 Å². The third kappa shape index (κ3) is 3.09. The van der Waals surface area contributed by atoms with Crippen LogP contribution in [-0.4, -0.2) is 16.4 Å². The second kappa shape index (κ2) is 5.50. The maximum absolute atomic E-state index is 11.9. The summed E-state index contributed by atoms with van der Waals surface area (Å²) in [4.78, 5) is 16.3. The van der Waals surface area contributed by atoms with Crippen molar-refractivity contribution in [1.82, 2.24) is 4.98 Å². The van der Waals surface area contributed by atoms with Crippen molar-refractivity contribution in [1.29, 1.82) is 0 Å². The molecule has 1 aliphatic carbocycles. The van der Waals surface area contributed by atoms with Crippen molar-refractivity contribution in [3.05, 3.63) is 35.7 Å². The van der Waals surface area contributed by atoms with E-state index in [1.54, 1.807) is 0 Å². The Morgan fingerprint density at radius 3 is 2.67 bits per heavy atom. The van der Waals surface area contributed by atoms with Gasteiger partial charge in [-0.3, -0.25) is 4.79 Å². The van der Waals surface area contributed by atoms with Gasteiger partial charge in [-0.15, -0.1) is 12.4 Å². The molecule has 0 bridgehead atoms. The first-order valence-electron chi connectivity index (χ1n) is 6.63. The van der Waals surface area contributed by atoms with Gasteiger partial charge in [0.2, 0.25) is 11.8 Å². The number of hydrogen-bond donors (Lipinski definition) is 2. The zero-order valence-electron chi connectivity index (χ0n) is 12.0. The lowest BCUT2D eigenvalue weighted by Crippen LogP contribution is -2.37. The number of anilines is 1. The number of hydrogen-bond acceptors (Lipinski definition) is 4. The van der Waals surface area contributed by atoms with E-state index in [9.17, 15) is 4.79 Å². The molecule has 0 saturated heterocycles. The Kier molecular flexibility index (Phi) is 4.07. The molecule has 2 aromatic rings. The summed E-state index contributed by atoms with van der Waals surface area (Å²) in [6.07, 6.45) is 1.49. The predicted molar refractivity (Wildman–Crippen MR) is 83.4 cm³/mol. The van der Waals surface area contributed by atoms with E-state index >= 15 is 0 Å². The molecule has 1 aromatic heterocycles. The van der Waals surface area contributed by atoms with Gasteiger partial charge in [-0.2, -0.15) is 0 Å². The number of rotatable bonds is 3. The van der Waals surface area contributed by atoms with Crippen molar-refractivity contribution in [2.45, 2.75) is 32.2 Å². The van der Waals surface area contributed by atoms with E-state index in [1.165, 1.54) is 0 Å². The summed E-state index contributed by atoms with van der Waals surface area (Å²) in [7, 11) is 0. The highest BCUT2D eigenvalue weighted by molar-refractivity contribution is 6.00. The number of amides is 1. The SMILES string of the molecule is Cc1nc(-c2cccc(NC(=O)C3(N)CC3)c2)oc1C.Cl. The fraction of sp³-hybridized carbons (Fsp3) is 0.333. The van der Waals surface area contributed by atoms with Crippen LogP contribution in [0.1, 0.15) is 24.3 Å². The van der Waals surface area contributed by atoms with Gasteiger partial charge in [0, 0.05) is 11.3 Å². The van der Waals surface area contributed by atoms with E-state index in [2.05, 4.69) is 10.3 Å². The molecule has 1 fully saturated rings. The number of nitrogens with zero attached hydrogens (tertiary/aromatic N) is 1. The smallest absolute Gasteiger partial charge is 0.244 e. The Morgan fingerprint density at radius 1 is 1.38 bits per heavy atom. The Balaban J connectivity index is 0.00000161. The van der Waals surface area contributed by atoms with Crippen LogP contribution in [0.25, 0.3) is 11.5 Å². The van der Waals surface area contributed by atoms with Gasteiger partial charge in [0.25, 0.3) is 0 Å². The molecule has 0 spiro atoms. The minimum atomic E-state index is -0.674. The minimum absolute atomic E-state index is 0. The first kappa shape index (κ1) is 15.5. The average molecular weight is 308 g/mol. The molecular formula is C15H18ClN3O2. The number of nitrogens with one attached hydrogen (secondary N) is 1. The molecule has 0 aliphatic heterocycles. The van der Waals surface area contributed by atoms with Gasteiger partial charge < -0.3 is 15.5 Å². The normalized spacial score (nSPS) is 15.2. The molecule has 3 rings (SSSR count). The molecule has 0 atom stereocenters. The number of halogens is 1. The van der Waals surface area contributed by atoms with Crippen LogP contribution < -0.4 is 11.1 Å². The van der Waals surface area contributed by atoms with Gasteiger partial charge in [0.15, 0.2) is 0 Å². The lowest BCUT2D eigenvalue weighted by Gasteiger charge is -2.10. The largest absolute Gasteiger partial charge is 0.441 e. The number of carbonyl (C=O) groups is 1. The molecule has 0 radical (unpaired) electrons. The zero-order valence-corrected chi connectivity index (χ0v) is 12.8. The molecule has 6 heteroatoms. The van der Waals surface area contributed by atoms with Crippen molar-refractivity contribution in [2.75, 3.05) is 5.32 Å². The maximum Gasteiger partial charge on any atom is 0.244 e. The lowest BCUT2D eigenvalue weighted by atomic mass is 10.2. The highest BCUT2D eigenvalue weighted by Gasteiger charge is 2.45. The quantitative estimate of drug-likeness (QED) is 0.913. The number of nitrogens with two attached hydrogens (primary N) is 1. The van der Waals surface area contributed by atoms with Crippen LogP contribution >= 0.6 is 12.4 Å². The summed E-state index contributed by atoms with van der Waals surface area (Å²) in [6.45, 7) is 3.78. The monoisotopic (exact) mass is 307 g/mol. The first-order valence-corrected chi connectivity index (χ1v) is 6.63. The number of aromatic nitrogens is 1. The maximum atomic E-state index is 11.9. The van der Waals surface area contributed by atoms with E-state index in [4.69, 9.17) is 10.2 Å². The highest BCUT2D eigenvalue weighted by Crippen LogP contribution is 2.33. The molecule has 1 aromatic carbocycles. The van der Waals surface area contributed by atoms with Gasteiger partial charge in [0.1, 0.15) is 5.76 Å². The second-order valence-corrected chi connectivity index (χ2v) is 5.35. The van der Waals surface area contributed by atoms with Crippen molar-refractivity contribution in [2.24, 2.45) is 5.73 Å². The molecular weight excluding hydrogens is 290 g/mol. The predicted octanol–water partition coefficient (Wildman–Crippen LogP) is 2.81. The molecule has 1 amide bonds. The molecule has 5 nitrogen and oxygen atoms in total. The molecule has 1 saturated carbocycles. The van der Waals surface area contributed by atoms with Gasteiger partial charge in [-0.1, -0.05) is 6.07 Å². The summed E-state index contributed by atoms with van der Waals surface area (Å²) in [5.41, 5.74) is 7.60. The Bertz CT molecular complexity index is 658. The number of benzene rings is 1. The number of oxazole rings is 1. The van der Waals surface area contributed by atoms with Crippen LogP contribution in [0.3, 0.4) is 0 Å². The number of aryl methyl sites for hydroxylation is 2. The zero-order chi connectivity index (χ0) is 14.3. The first-order chi connectivity index (χ1) is 9.48. The number of carbonyl (C=O) groups excluding carboxylic acids is 1. The van der Waals surface area contributed by atoms with Crippen LogP contribution in [0.5, 0.6) is 0 Å². The van der Waals surface area contributed by atoms with Crippen molar-refractivity contribution < 1.29 is 9.21 Å². The minimum Gasteiger partial charge on any atom is -0.441 e. The summed E-state index contributed by atoms with van der Waals surface area (Å²) < 4.78 is 5.59. The highest BCUT2D eigenvalue weighted by atomic mass is 35.5. The van der Waals surface area contributed by atoms with E-state index in [0.717, 1.165) is 29.9 Å². The second-order valence-electron chi connectivity index (χ2n) is 5.35. The van der Waals surface area contributed by atoms with E-state index < -0.39 is 5.54 Å². The van der Waals surface area contributed by atoms with Crippen molar-refractivity contribution in [3.8, 4) is 11.5 Å². The summed E-state index contributed by atoms with van der Waals surface area (Å²) in [5, 5.41) is 2.84. The summed E-state index contributed by atoms with van der Waals surface area (Å²) >= 11 is 0. The molecule has 21 heavy (non-hydrogen) atoms. The van der Waals surface area contributed by atoms with Crippen LogP contribution in [0.2, 0.25) is 0 Å². The van der Waals surface area contributed by atoms with Crippen LogP contribution in [0.15, 0.2) is 28.7 Å². The van der Waals surface area contributed by atoms with Crippen molar-refractivity contribution in [3.63, 3.8) is 0 Å². The van der Waals surface area contributed by atoms with Crippen LogP contribution in [0, 0.1) is 13.8 Å². The Labute approximate surface area is 129 Å². The fourth-order valence-corrected chi connectivity index (χ4v) is 1.94. The molecule has 112 valence electrons. The van der Waals surface area contributed by atoms with Gasteiger partial charge in [0.05, 0.1) is 11.2 Å². The topological polar surface area (TPSA) is 81.2 Å². The fourth-order valence-electron chi connectivity index (χ4n) is 1.94. The standard InChI is InChI=1S/C15H17N3O2.ClH/c1-9-10(2)20-13(17-9)11-4-3-5-12(8-11)18-14(19)15(16)6-7-15;/h3-5,8H,6-7,16H2,1-2H3,(H,18,19);1H. The van der Waals surface area contributed by atoms with Crippen molar-refractivity contribution >= 4 is 24.0 Å². The third-order valence-electron chi connectivity index (χ3n) is 3.64. The Hall–Kier alpha value is -1.85. The van der Waals surface area contributed by atoms with E-state index in [1.807, 2.05) is 38.1 Å². The van der Waals surface area contributed by atoms with Gasteiger partial charge in [-0.05, 0) is 44.9 Å². The Morgan fingerprint density at radius 2 is 2.10 bits per heavy atom. The third-order valence-corrected chi connectivity index (χ3v) is 3.64. The average Bonchev–Trinajstić information content (AvgIpc) is 3.08. The molecule has 1 aliphatic rings.